The third kappa shape index (κ3) is 53.2. The average Bonchev–Trinajstić information content (AvgIpc) is 3.59. The first kappa shape index (κ1) is 47.0. The minimum Gasteiger partial charge on any atom is -0.410 e. The molecular weight excluding hydrogens is 580 g/mol. The second-order valence-corrected chi connectivity index (χ2v) is 6.91. The van der Waals surface area contributed by atoms with Crippen molar-refractivity contribution in [1.82, 2.24) is 15.6 Å². The molecule has 0 spiro atoms. The van der Waals surface area contributed by atoms with Crippen LogP contribution in [0.15, 0.2) is 38.8 Å². The molecule has 236 valence electrons. The largest absolute Gasteiger partial charge is 0.410 e. The normalized spacial score (nSPS) is 9.29. The Morgan fingerprint density at radius 3 is 1.85 bits per heavy atom. The topological polar surface area (TPSA) is 199 Å². The summed E-state index contributed by atoms with van der Waals surface area (Å²) in [5.41, 5.74) is 1.05. The lowest BCUT2D eigenvalue weighted by molar-refractivity contribution is -0.193. The highest BCUT2D eigenvalue weighted by Crippen LogP contribution is 1.97. The van der Waals surface area contributed by atoms with E-state index in [9.17, 15) is 9.59 Å². The van der Waals surface area contributed by atoms with Gasteiger partial charge in [-0.05, 0) is 31.9 Å². The first-order chi connectivity index (χ1) is 19.4. The van der Waals surface area contributed by atoms with Gasteiger partial charge in [0.2, 0.25) is 0 Å². The van der Waals surface area contributed by atoms with Crippen molar-refractivity contribution in [2.24, 2.45) is 5.16 Å². The molecule has 0 unspecified atom stereocenters. The fraction of sp³-hybridized carbons (Fsp3) is 0.500. The van der Waals surface area contributed by atoms with Gasteiger partial charge < -0.3 is 24.4 Å². The van der Waals surface area contributed by atoms with Gasteiger partial charge in [0, 0.05) is 25.5 Å². The molecule has 41 heavy (non-hydrogen) atoms. The molecule has 2 rings (SSSR count). The maximum Gasteiger partial charge on any atom is 0.373 e. The van der Waals surface area contributed by atoms with Crippen LogP contribution < -0.4 is 5.32 Å². The number of Topliss-reactive ketones (excluding diaryl/α,β-unsaturated/α-hetero) is 1. The summed E-state index contributed by atoms with van der Waals surface area (Å²) in [4.78, 5) is 53.1. The molecule has 1 atom stereocenters. The minimum absolute atomic E-state index is 0. The standard InChI is InChI=1S/C6H13NOS.C5H5NO2.C5H7NO.C3H6ClNO.C2H2.2CO2.3CH4/c1-7-6(5-8)3-4-9-2;1-4(7)5-2-3-8-6-5;1-2-5-3-4-7-6-5;1-2-3(4)5-6;1-2;2*2-1-3;;;/h5-7H,3-4H2,1-2H3;2-3H,1H3;3-4H,2H2,1H3;6H,2H2,1H3;1-2H;;;3*1H4/b;;;5-3-;;;;;;/t6-;;;;;;;;;/m0........./s1/i;3D;4D;;1D;;;;;. The van der Waals surface area contributed by atoms with Crippen LogP contribution in [0.1, 0.15) is 76.2 Å². The number of carbonyl (C=O) groups excluding carboxylic acids is 6. The van der Waals surface area contributed by atoms with Gasteiger partial charge in [-0.3, -0.25) is 4.79 Å². The number of hydrogen-bond donors (Lipinski definition) is 2. The van der Waals surface area contributed by atoms with E-state index in [0.29, 0.717) is 6.42 Å². The van der Waals surface area contributed by atoms with Crippen molar-refractivity contribution in [2.75, 3.05) is 19.1 Å². The summed E-state index contributed by atoms with van der Waals surface area (Å²) in [5.74, 6) is 0.863. The molecule has 0 fully saturated rings. The fourth-order valence-electron chi connectivity index (χ4n) is 1.32. The molecular formula is C26H45ClN4O9S. The number of nitrogens with one attached hydrogen (secondary N) is 1. The highest BCUT2D eigenvalue weighted by atomic mass is 35.5. The van der Waals surface area contributed by atoms with Gasteiger partial charge in [-0.1, -0.05) is 63.2 Å². The Labute approximate surface area is 257 Å². The lowest BCUT2D eigenvalue weighted by atomic mass is 10.3. The number of terminal acetylenes is 1. The van der Waals surface area contributed by atoms with Crippen molar-refractivity contribution in [3.63, 3.8) is 0 Å². The smallest absolute Gasteiger partial charge is 0.373 e. The predicted molar refractivity (Wildman–Crippen MR) is 160 cm³/mol. The number of aromatic nitrogens is 2. The molecule has 0 aliphatic heterocycles. The first-order valence-electron chi connectivity index (χ1n) is 11.6. The van der Waals surface area contributed by atoms with Crippen LogP contribution in [-0.4, -0.2) is 70.2 Å². The summed E-state index contributed by atoms with van der Waals surface area (Å²) in [5, 5.41) is 20.5. The molecule has 2 N–H and O–H groups in total. The highest BCUT2D eigenvalue weighted by molar-refractivity contribution is 7.98. The number of aldehydes is 1. The lowest BCUT2D eigenvalue weighted by Crippen LogP contribution is -2.26. The van der Waals surface area contributed by atoms with Gasteiger partial charge >= 0.3 is 12.3 Å². The van der Waals surface area contributed by atoms with E-state index in [-0.39, 0.29) is 69.8 Å². The van der Waals surface area contributed by atoms with Crippen molar-refractivity contribution < 1.29 is 47.1 Å². The van der Waals surface area contributed by atoms with E-state index in [1.54, 1.807) is 24.9 Å². The van der Waals surface area contributed by atoms with Crippen LogP contribution in [0.3, 0.4) is 0 Å². The van der Waals surface area contributed by atoms with Crippen LogP contribution >= 0.6 is 23.4 Å². The number of carbonyl (C=O) groups is 2. The van der Waals surface area contributed by atoms with Gasteiger partial charge in [0.05, 0.1) is 11.7 Å². The Hall–Kier alpha value is -3.85. The van der Waals surface area contributed by atoms with E-state index in [2.05, 4.69) is 36.3 Å². The Balaban J connectivity index is -0.0000000592. The number of halogens is 1. The van der Waals surface area contributed by atoms with Crippen molar-refractivity contribution >= 4 is 52.9 Å². The Morgan fingerprint density at radius 1 is 1.22 bits per heavy atom. The lowest BCUT2D eigenvalue weighted by Gasteiger charge is -2.05. The van der Waals surface area contributed by atoms with Crippen molar-refractivity contribution in [3.05, 3.63) is 36.0 Å². The molecule has 0 amide bonds. The third-order valence-corrected chi connectivity index (χ3v) is 4.11. The quantitative estimate of drug-likeness (QED) is 0.0983. The molecule has 0 aliphatic rings. The van der Waals surface area contributed by atoms with Crippen molar-refractivity contribution in [3.8, 4) is 12.8 Å². The summed E-state index contributed by atoms with van der Waals surface area (Å²) in [7, 11) is 1.80. The molecule has 0 bridgehead atoms. The molecule has 0 saturated carbocycles. The van der Waals surface area contributed by atoms with Crippen LogP contribution in [-0.2, 0) is 30.4 Å². The van der Waals surface area contributed by atoms with Crippen LogP contribution in [0, 0.1) is 12.8 Å². The third-order valence-electron chi connectivity index (χ3n) is 3.12. The van der Waals surface area contributed by atoms with Crippen molar-refractivity contribution in [2.45, 2.75) is 68.4 Å². The zero-order valence-electron chi connectivity index (χ0n) is 24.6. The SMILES string of the molecule is C.C.C.CC/C(Cl)=N/O.CN[C@H](C=O)CCSC.O=C=O.O=C=O.[2H]C#C.[2H]c1cc(C(C)=O)no1.[2H]c1cc(CC)no1. The monoisotopic (exact) mass is 627 g/mol. The summed E-state index contributed by atoms with van der Waals surface area (Å²) in [6.07, 6.45) is 11.7. The molecule has 2 aromatic heterocycles. The average molecular weight is 628 g/mol. The van der Waals surface area contributed by atoms with Gasteiger partial charge in [-0.2, -0.15) is 30.9 Å². The minimum atomic E-state index is -0.183. The zero-order valence-corrected chi connectivity index (χ0v) is 23.1. The summed E-state index contributed by atoms with van der Waals surface area (Å²) in [6.45, 7) is 5.15. The van der Waals surface area contributed by atoms with Crippen LogP contribution in [0.25, 0.3) is 0 Å². The van der Waals surface area contributed by atoms with E-state index in [4.69, 9.17) is 40.1 Å². The molecule has 0 saturated heterocycles. The molecule has 15 heteroatoms. The first-order valence-corrected chi connectivity index (χ1v) is 11.9. The number of aryl methyl sites for hydroxylation is 1. The number of oxime groups is 1. The molecule has 0 aromatic carbocycles. The highest BCUT2D eigenvalue weighted by Gasteiger charge is 2.00. The second kappa shape index (κ2) is 52.6. The maximum atomic E-state index is 10.5. The predicted octanol–water partition coefficient (Wildman–Crippen LogP) is 5.05. The number of ketones is 1. The van der Waals surface area contributed by atoms with Gasteiger partial charge in [0.1, 0.15) is 33.7 Å². The van der Waals surface area contributed by atoms with Gasteiger partial charge in [-0.15, -0.1) is 12.8 Å². The van der Waals surface area contributed by atoms with Gasteiger partial charge in [0.15, 0.2) is 5.78 Å². The fourth-order valence-corrected chi connectivity index (χ4v) is 1.81. The molecule has 2 aromatic rings. The number of hydrogen-bond acceptors (Lipinski definition) is 14. The maximum absolute atomic E-state index is 10.5. The summed E-state index contributed by atoms with van der Waals surface area (Å²) in [6, 6.07) is 2.94. The summed E-state index contributed by atoms with van der Waals surface area (Å²) < 4.78 is 28.2. The number of nitrogens with zero attached hydrogens (tertiary/aromatic N) is 3. The van der Waals surface area contributed by atoms with E-state index < -0.39 is 0 Å². The van der Waals surface area contributed by atoms with E-state index in [1.807, 2.05) is 20.1 Å². The Bertz CT molecular complexity index is 1040. The van der Waals surface area contributed by atoms with Crippen LogP contribution in [0.4, 0.5) is 0 Å². The number of likely N-dealkylation sites (N-methyl/N-ethyl adjacent to an activating group) is 1. The molecule has 13 nitrogen and oxygen atoms in total. The molecule has 2 heterocycles. The van der Waals surface area contributed by atoms with Crippen LogP contribution in [0.2, 0.25) is 0 Å². The zero-order chi connectivity index (χ0) is 33.1. The number of thioether (sulfide) groups is 1. The second-order valence-electron chi connectivity index (χ2n) is 5.49. The Morgan fingerprint density at radius 2 is 1.68 bits per heavy atom. The van der Waals surface area contributed by atoms with Crippen LogP contribution in [0.5, 0.6) is 0 Å². The Kier molecular flexibility index (Phi) is 60.2. The summed E-state index contributed by atoms with van der Waals surface area (Å²) >= 11 is 6.91. The van der Waals surface area contributed by atoms with Crippen molar-refractivity contribution in [1.29, 1.82) is 0 Å². The molecule has 0 radical (unpaired) electrons. The van der Waals surface area contributed by atoms with Gasteiger partial charge in [0.25, 0.3) is 0 Å². The van der Waals surface area contributed by atoms with Gasteiger partial charge in [-0.25, -0.2) is 0 Å². The van der Waals surface area contributed by atoms with E-state index >= 15 is 0 Å². The number of rotatable bonds is 8. The van der Waals surface area contributed by atoms with E-state index in [0.717, 1.165) is 30.6 Å². The molecule has 0 aliphatic carbocycles. The van der Waals surface area contributed by atoms with E-state index in [1.165, 1.54) is 19.4 Å².